The molecule has 0 amide bonds. The Kier molecular flexibility index (Phi) is 2.56. The highest BCUT2D eigenvalue weighted by Gasteiger charge is 2.14. The lowest BCUT2D eigenvalue weighted by Gasteiger charge is -2.11. The molecule has 0 aliphatic rings. The van der Waals surface area contributed by atoms with Gasteiger partial charge in [0.05, 0.1) is 5.56 Å². The molecule has 3 aromatic rings. The predicted molar refractivity (Wildman–Crippen MR) is 76.8 cm³/mol. The molecule has 3 heteroatoms. The molecule has 0 aliphatic carbocycles. The SMILES string of the molecule is CC(C)n1c2ccccc2c2cc(C(=O)O)ccc21. The third kappa shape index (κ3) is 1.70. The van der Waals surface area contributed by atoms with Gasteiger partial charge >= 0.3 is 5.97 Å². The van der Waals surface area contributed by atoms with Crippen LogP contribution in [0.1, 0.15) is 30.2 Å². The molecule has 1 heterocycles. The van der Waals surface area contributed by atoms with Crippen LogP contribution in [0.3, 0.4) is 0 Å². The highest BCUT2D eigenvalue weighted by molar-refractivity contribution is 6.10. The minimum atomic E-state index is -0.886. The Morgan fingerprint density at radius 1 is 1.05 bits per heavy atom. The molecule has 0 saturated heterocycles. The van der Waals surface area contributed by atoms with Crippen LogP contribution in [0.5, 0.6) is 0 Å². The lowest BCUT2D eigenvalue weighted by atomic mass is 10.1. The molecule has 2 aromatic carbocycles. The smallest absolute Gasteiger partial charge is 0.335 e. The second kappa shape index (κ2) is 4.12. The van der Waals surface area contributed by atoms with Crippen molar-refractivity contribution in [2.75, 3.05) is 0 Å². The summed E-state index contributed by atoms with van der Waals surface area (Å²) >= 11 is 0. The van der Waals surface area contributed by atoms with E-state index in [1.165, 1.54) is 0 Å². The van der Waals surface area contributed by atoms with E-state index in [4.69, 9.17) is 5.11 Å². The van der Waals surface area contributed by atoms with Gasteiger partial charge in [0.25, 0.3) is 0 Å². The van der Waals surface area contributed by atoms with Crippen molar-refractivity contribution in [3.63, 3.8) is 0 Å². The van der Waals surface area contributed by atoms with Crippen molar-refractivity contribution >= 4 is 27.8 Å². The van der Waals surface area contributed by atoms with Gasteiger partial charge in [-0.05, 0) is 38.1 Å². The number of para-hydroxylation sites is 1. The minimum Gasteiger partial charge on any atom is -0.478 e. The number of carboxylic acids is 1. The molecule has 0 fully saturated rings. The Hall–Kier alpha value is -2.29. The highest BCUT2D eigenvalue weighted by atomic mass is 16.4. The fourth-order valence-electron chi connectivity index (χ4n) is 2.69. The number of nitrogens with zero attached hydrogens (tertiary/aromatic N) is 1. The molecular formula is C16H15NO2. The number of hydrogen-bond donors (Lipinski definition) is 1. The standard InChI is InChI=1S/C16H15NO2/c1-10(2)17-14-6-4-3-5-12(14)13-9-11(16(18)19)7-8-15(13)17/h3-10H,1-2H3,(H,18,19). The monoisotopic (exact) mass is 253 g/mol. The van der Waals surface area contributed by atoms with Crippen molar-refractivity contribution < 1.29 is 9.90 Å². The summed E-state index contributed by atoms with van der Waals surface area (Å²) in [6.07, 6.45) is 0. The van der Waals surface area contributed by atoms with Gasteiger partial charge in [0.1, 0.15) is 0 Å². The first-order valence-corrected chi connectivity index (χ1v) is 6.35. The molecule has 0 aliphatic heterocycles. The quantitative estimate of drug-likeness (QED) is 0.748. The van der Waals surface area contributed by atoms with Gasteiger partial charge in [-0.2, -0.15) is 0 Å². The van der Waals surface area contributed by atoms with E-state index in [0.717, 1.165) is 21.8 Å². The summed E-state index contributed by atoms with van der Waals surface area (Å²) in [6, 6.07) is 13.8. The Balaban J connectivity index is 2.49. The number of carbonyl (C=O) groups is 1. The molecule has 0 bridgehead atoms. The van der Waals surface area contributed by atoms with Gasteiger partial charge in [-0.1, -0.05) is 18.2 Å². The van der Waals surface area contributed by atoms with E-state index in [1.807, 2.05) is 24.3 Å². The first-order valence-electron chi connectivity index (χ1n) is 6.35. The highest BCUT2D eigenvalue weighted by Crippen LogP contribution is 2.32. The van der Waals surface area contributed by atoms with E-state index in [-0.39, 0.29) is 0 Å². The number of aromatic nitrogens is 1. The van der Waals surface area contributed by atoms with Crippen molar-refractivity contribution in [3.8, 4) is 0 Å². The molecule has 0 unspecified atom stereocenters. The van der Waals surface area contributed by atoms with Crippen LogP contribution in [0.4, 0.5) is 0 Å². The van der Waals surface area contributed by atoms with E-state index in [9.17, 15) is 4.79 Å². The van der Waals surface area contributed by atoms with Gasteiger partial charge in [0.2, 0.25) is 0 Å². The van der Waals surface area contributed by atoms with Crippen molar-refractivity contribution in [2.24, 2.45) is 0 Å². The summed E-state index contributed by atoms with van der Waals surface area (Å²) in [7, 11) is 0. The van der Waals surface area contributed by atoms with Crippen molar-refractivity contribution in [2.45, 2.75) is 19.9 Å². The summed E-state index contributed by atoms with van der Waals surface area (Å²) in [5.41, 5.74) is 2.57. The molecular weight excluding hydrogens is 238 g/mol. The van der Waals surface area contributed by atoms with Crippen molar-refractivity contribution in [3.05, 3.63) is 48.0 Å². The first-order chi connectivity index (χ1) is 9.09. The molecule has 0 atom stereocenters. The lowest BCUT2D eigenvalue weighted by molar-refractivity contribution is 0.0697. The maximum absolute atomic E-state index is 11.1. The van der Waals surface area contributed by atoms with E-state index in [2.05, 4.69) is 24.5 Å². The van der Waals surface area contributed by atoms with Crippen LogP contribution in [0.2, 0.25) is 0 Å². The molecule has 0 radical (unpaired) electrons. The summed E-state index contributed by atoms with van der Waals surface area (Å²) in [5.74, 6) is -0.886. The fourth-order valence-corrected chi connectivity index (χ4v) is 2.69. The number of carboxylic acid groups (broad SMARTS) is 1. The molecule has 0 spiro atoms. The van der Waals surface area contributed by atoms with Crippen LogP contribution in [0, 0.1) is 0 Å². The largest absolute Gasteiger partial charge is 0.478 e. The Labute approximate surface area is 111 Å². The second-order valence-electron chi connectivity index (χ2n) is 5.02. The van der Waals surface area contributed by atoms with Gasteiger partial charge in [0, 0.05) is 27.8 Å². The van der Waals surface area contributed by atoms with Crippen LogP contribution in [-0.4, -0.2) is 15.6 Å². The molecule has 1 aromatic heterocycles. The van der Waals surface area contributed by atoms with Crippen LogP contribution in [-0.2, 0) is 0 Å². The number of aromatic carboxylic acids is 1. The molecule has 96 valence electrons. The number of rotatable bonds is 2. The Bertz CT molecular complexity index is 784. The van der Waals surface area contributed by atoms with Crippen LogP contribution in [0.25, 0.3) is 21.8 Å². The van der Waals surface area contributed by atoms with Crippen LogP contribution in [0.15, 0.2) is 42.5 Å². The van der Waals surface area contributed by atoms with Gasteiger partial charge in [0.15, 0.2) is 0 Å². The fraction of sp³-hybridized carbons (Fsp3) is 0.188. The summed E-state index contributed by atoms with van der Waals surface area (Å²) in [6.45, 7) is 4.27. The van der Waals surface area contributed by atoms with Gasteiger partial charge in [-0.3, -0.25) is 0 Å². The number of fused-ring (bicyclic) bond motifs is 3. The molecule has 3 rings (SSSR count). The first kappa shape index (κ1) is 11.8. The molecule has 3 nitrogen and oxygen atoms in total. The average Bonchev–Trinajstić information content (AvgIpc) is 2.72. The zero-order valence-electron chi connectivity index (χ0n) is 10.9. The third-order valence-corrected chi connectivity index (χ3v) is 3.47. The van der Waals surface area contributed by atoms with E-state index in [1.54, 1.807) is 12.1 Å². The Morgan fingerprint density at radius 3 is 2.42 bits per heavy atom. The predicted octanol–water partition coefficient (Wildman–Crippen LogP) is 4.07. The molecule has 0 saturated carbocycles. The maximum Gasteiger partial charge on any atom is 0.335 e. The van der Waals surface area contributed by atoms with E-state index >= 15 is 0 Å². The minimum absolute atomic E-state index is 0.332. The average molecular weight is 253 g/mol. The van der Waals surface area contributed by atoms with Crippen molar-refractivity contribution in [1.82, 2.24) is 4.57 Å². The van der Waals surface area contributed by atoms with Gasteiger partial charge in [-0.15, -0.1) is 0 Å². The summed E-state index contributed by atoms with van der Waals surface area (Å²) < 4.78 is 2.25. The normalized spacial score (nSPS) is 11.5. The third-order valence-electron chi connectivity index (χ3n) is 3.47. The molecule has 19 heavy (non-hydrogen) atoms. The van der Waals surface area contributed by atoms with E-state index in [0.29, 0.717) is 11.6 Å². The van der Waals surface area contributed by atoms with Gasteiger partial charge < -0.3 is 9.67 Å². The zero-order chi connectivity index (χ0) is 13.6. The number of hydrogen-bond acceptors (Lipinski definition) is 1. The summed E-state index contributed by atoms with van der Waals surface area (Å²) in [5, 5.41) is 11.2. The molecule has 1 N–H and O–H groups in total. The summed E-state index contributed by atoms with van der Waals surface area (Å²) in [4.78, 5) is 11.1. The van der Waals surface area contributed by atoms with Crippen molar-refractivity contribution in [1.29, 1.82) is 0 Å². The maximum atomic E-state index is 11.1. The van der Waals surface area contributed by atoms with E-state index < -0.39 is 5.97 Å². The Morgan fingerprint density at radius 2 is 1.74 bits per heavy atom. The van der Waals surface area contributed by atoms with Crippen LogP contribution < -0.4 is 0 Å². The topological polar surface area (TPSA) is 42.2 Å². The number of benzene rings is 2. The lowest BCUT2D eigenvalue weighted by Crippen LogP contribution is -2.00. The van der Waals surface area contributed by atoms with Gasteiger partial charge in [-0.25, -0.2) is 4.79 Å². The van der Waals surface area contributed by atoms with Crippen LogP contribution >= 0.6 is 0 Å². The zero-order valence-corrected chi connectivity index (χ0v) is 10.9. The second-order valence-corrected chi connectivity index (χ2v) is 5.02.